The van der Waals surface area contributed by atoms with Gasteiger partial charge in [-0.15, -0.1) is 0 Å². The first-order chi connectivity index (χ1) is 9.93. The number of amides is 1. The van der Waals surface area contributed by atoms with Crippen molar-refractivity contribution in [1.29, 1.82) is 0 Å². The van der Waals surface area contributed by atoms with E-state index in [1.54, 1.807) is 4.40 Å². The van der Waals surface area contributed by atoms with Crippen LogP contribution in [0.15, 0.2) is 18.3 Å². The van der Waals surface area contributed by atoms with Crippen LogP contribution in [-0.2, 0) is 11.2 Å². The van der Waals surface area contributed by atoms with Gasteiger partial charge in [-0.25, -0.2) is 4.98 Å². The monoisotopic (exact) mass is 289 g/mol. The predicted octanol–water partition coefficient (Wildman–Crippen LogP) is 1.75. The van der Waals surface area contributed by atoms with Gasteiger partial charge in [0.25, 0.3) is 5.91 Å². The molecule has 0 aliphatic heterocycles. The maximum Gasteiger partial charge on any atom is 0.323 e. The highest BCUT2D eigenvalue weighted by molar-refractivity contribution is 5.96. The Morgan fingerprint density at radius 2 is 2.10 bits per heavy atom. The number of hydrogen-bond acceptors (Lipinski definition) is 3. The van der Waals surface area contributed by atoms with Gasteiger partial charge < -0.3 is 10.0 Å². The van der Waals surface area contributed by atoms with Crippen LogP contribution >= 0.6 is 0 Å². The summed E-state index contributed by atoms with van der Waals surface area (Å²) in [5.41, 5.74) is 2.89. The van der Waals surface area contributed by atoms with Crippen LogP contribution in [-0.4, -0.2) is 44.9 Å². The zero-order valence-corrected chi connectivity index (χ0v) is 12.5. The van der Waals surface area contributed by atoms with E-state index in [9.17, 15) is 9.59 Å². The van der Waals surface area contributed by atoms with E-state index in [2.05, 4.69) is 4.98 Å². The summed E-state index contributed by atoms with van der Waals surface area (Å²) < 4.78 is 1.75. The maximum atomic E-state index is 12.6. The summed E-state index contributed by atoms with van der Waals surface area (Å²) >= 11 is 0. The molecule has 2 aromatic rings. The van der Waals surface area contributed by atoms with Gasteiger partial charge in [0.05, 0.1) is 5.69 Å². The summed E-state index contributed by atoms with van der Waals surface area (Å²) in [6.07, 6.45) is 3.40. The Bertz CT molecular complexity index is 691. The Hall–Kier alpha value is -2.37. The molecule has 0 fully saturated rings. The molecular formula is C15H19N3O3. The van der Waals surface area contributed by atoms with Crippen LogP contribution < -0.4 is 0 Å². The molecule has 0 spiro atoms. The molecule has 0 aliphatic rings. The SMILES string of the molecule is CCCc1nc2ccc(C)cn2c1C(=O)N(C)CC(=O)O. The third-order valence-corrected chi connectivity index (χ3v) is 3.25. The van der Waals surface area contributed by atoms with Crippen LogP contribution in [0, 0.1) is 6.92 Å². The van der Waals surface area contributed by atoms with Crippen LogP contribution in [0.1, 0.15) is 35.1 Å². The highest BCUT2D eigenvalue weighted by Gasteiger charge is 2.23. The van der Waals surface area contributed by atoms with E-state index in [-0.39, 0.29) is 12.5 Å². The van der Waals surface area contributed by atoms with Crippen molar-refractivity contribution in [2.45, 2.75) is 26.7 Å². The molecule has 1 N–H and O–H groups in total. The molecule has 0 unspecified atom stereocenters. The molecule has 2 heterocycles. The number of aromatic nitrogens is 2. The van der Waals surface area contributed by atoms with E-state index in [1.807, 2.05) is 32.2 Å². The molecule has 6 nitrogen and oxygen atoms in total. The molecular weight excluding hydrogens is 270 g/mol. The molecule has 0 radical (unpaired) electrons. The molecule has 0 bridgehead atoms. The van der Waals surface area contributed by atoms with Crippen molar-refractivity contribution in [1.82, 2.24) is 14.3 Å². The topological polar surface area (TPSA) is 74.9 Å². The van der Waals surface area contributed by atoms with Crippen molar-refractivity contribution in [3.8, 4) is 0 Å². The fourth-order valence-corrected chi connectivity index (χ4v) is 2.29. The number of hydrogen-bond donors (Lipinski definition) is 1. The number of rotatable bonds is 5. The van der Waals surface area contributed by atoms with E-state index in [0.717, 1.165) is 12.0 Å². The number of nitrogens with zero attached hydrogens (tertiary/aromatic N) is 3. The standard InChI is InChI=1S/C15H19N3O3/c1-4-5-11-14(15(21)17(3)9-13(19)20)18-8-10(2)6-7-12(18)16-11/h6-8H,4-5,9H2,1-3H3,(H,19,20). The van der Waals surface area contributed by atoms with Gasteiger partial charge in [0.15, 0.2) is 0 Å². The van der Waals surface area contributed by atoms with E-state index < -0.39 is 5.97 Å². The van der Waals surface area contributed by atoms with Gasteiger partial charge in [0.1, 0.15) is 17.9 Å². The largest absolute Gasteiger partial charge is 0.480 e. The number of likely N-dealkylation sites (N-methyl/N-ethyl adjacent to an activating group) is 1. The fourth-order valence-electron chi connectivity index (χ4n) is 2.29. The van der Waals surface area contributed by atoms with Crippen LogP contribution in [0.3, 0.4) is 0 Å². The molecule has 112 valence electrons. The van der Waals surface area contributed by atoms with E-state index in [1.165, 1.54) is 11.9 Å². The smallest absolute Gasteiger partial charge is 0.323 e. The van der Waals surface area contributed by atoms with Gasteiger partial charge >= 0.3 is 5.97 Å². The number of imidazole rings is 1. The Balaban J connectivity index is 2.53. The quantitative estimate of drug-likeness (QED) is 0.910. The Kier molecular flexibility index (Phi) is 4.26. The van der Waals surface area contributed by atoms with E-state index in [0.29, 0.717) is 23.5 Å². The highest BCUT2D eigenvalue weighted by atomic mass is 16.4. The van der Waals surface area contributed by atoms with Crippen molar-refractivity contribution in [3.05, 3.63) is 35.3 Å². The minimum Gasteiger partial charge on any atom is -0.480 e. The van der Waals surface area contributed by atoms with Gasteiger partial charge in [-0.2, -0.15) is 0 Å². The second-order valence-corrected chi connectivity index (χ2v) is 5.15. The maximum absolute atomic E-state index is 12.6. The van der Waals surface area contributed by atoms with Gasteiger partial charge in [0, 0.05) is 13.2 Å². The zero-order valence-electron chi connectivity index (χ0n) is 12.5. The molecule has 0 aromatic carbocycles. The number of fused-ring (bicyclic) bond motifs is 1. The average Bonchev–Trinajstić information content (AvgIpc) is 2.74. The van der Waals surface area contributed by atoms with Crippen LogP contribution in [0.5, 0.6) is 0 Å². The van der Waals surface area contributed by atoms with Crippen molar-refractivity contribution in [2.24, 2.45) is 0 Å². The number of carbonyl (C=O) groups excluding carboxylic acids is 1. The lowest BCUT2D eigenvalue weighted by Crippen LogP contribution is -2.33. The molecule has 6 heteroatoms. The second kappa shape index (κ2) is 5.95. The van der Waals surface area contributed by atoms with Gasteiger partial charge in [-0.1, -0.05) is 19.4 Å². The molecule has 0 atom stereocenters. The highest BCUT2D eigenvalue weighted by Crippen LogP contribution is 2.17. The Labute approximate surface area is 123 Å². The number of carboxylic acids is 1. The molecule has 2 aromatic heterocycles. The third kappa shape index (κ3) is 3.04. The van der Waals surface area contributed by atoms with Crippen LogP contribution in [0.2, 0.25) is 0 Å². The zero-order chi connectivity index (χ0) is 15.6. The first-order valence-corrected chi connectivity index (χ1v) is 6.89. The summed E-state index contributed by atoms with van der Waals surface area (Å²) in [6, 6.07) is 3.80. The summed E-state index contributed by atoms with van der Waals surface area (Å²) in [5, 5.41) is 8.84. The van der Waals surface area contributed by atoms with Crippen LogP contribution in [0.25, 0.3) is 5.65 Å². The summed E-state index contributed by atoms with van der Waals surface area (Å²) in [7, 11) is 1.49. The lowest BCUT2D eigenvalue weighted by atomic mass is 10.2. The van der Waals surface area contributed by atoms with Gasteiger partial charge in [-0.3, -0.25) is 14.0 Å². The molecule has 0 saturated heterocycles. The third-order valence-electron chi connectivity index (χ3n) is 3.25. The predicted molar refractivity (Wildman–Crippen MR) is 78.5 cm³/mol. The number of pyridine rings is 1. The Morgan fingerprint density at radius 3 is 2.71 bits per heavy atom. The lowest BCUT2D eigenvalue weighted by molar-refractivity contribution is -0.137. The van der Waals surface area contributed by atoms with E-state index >= 15 is 0 Å². The minimum absolute atomic E-state index is 0.320. The molecule has 2 rings (SSSR count). The Morgan fingerprint density at radius 1 is 1.38 bits per heavy atom. The van der Waals surface area contributed by atoms with Crippen LogP contribution in [0.4, 0.5) is 0 Å². The number of aryl methyl sites for hydroxylation is 2. The van der Waals surface area contributed by atoms with Crippen molar-refractivity contribution >= 4 is 17.5 Å². The number of carboxylic acid groups (broad SMARTS) is 1. The summed E-state index contributed by atoms with van der Waals surface area (Å²) in [6.45, 7) is 3.63. The molecule has 0 aliphatic carbocycles. The normalized spacial score (nSPS) is 10.8. The van der Waals surface area contributed by atoms with Gasteiger partial charge in [0.2, 0.25) is 0 Å². The molecule has 21 heavy (non-hydrogen) atoms. The van der Waals surface area contributed by atoms with Crippen molar-refractivity contribution in [2.75, 3.05) is 13.6 Å². The minimum atomic E-state index is -1.03. The van der Waals surface area contributed by atoms with E-state index in [4.69, 9.17) is 5.11 Å². The fraction of sp³-hybridized carbons (Fsp3) is 0.400. The first-order valence-electron chi connectivity index (χ1n) is 6.89. The second-order valence-electron chi connectivity index (χ2n) is 5.15. The number of carbonyl (C=O) groups is 2. The molecule has 0 saturated carbocycles. The van der Waals surface area contributed by atoms with Crippen molar-refractivity contribution in [3.63, 3.8) is 0 Å². The first kappa shape index (κ1) is 15.0. The summed E-state index contributed by atoms with van der Waals surface area (Å²) in [4.78, 5) is 29.1. The van der Waals surface area contributed by atoms with Gasteiger partial charge in [-0.05, 0) is 25.0 Å². The number of aliphatic carboxylic acids is 1. The van der Waals surface area contributed by atoms with Crippen molar-refractivity contribution < 1.29 is 14.7 Å². The molecule has 1 amide bonds. The lowest BCUT2D eigenvalue weighted by Gasteiger charge is -2.15. The average molecular weight is 289 g/mol. The summed E-state index contributed by atoms with van der Waals surface area (Å²) in [5.74, 6) is -1.35.